The number of hydrogen-bond donors (Lipinski definition) is 1. The van der Waals surface area contributed by atoms with Gasteiger partial charge in [-0.2, -0.15) is 5.26 Å². The topological polar surface area (TPSA) is 52.9 Å². The molecule has 1 unspecified atom stereocenters. The quantitative estimate of drug-likeness (QED) is 0.928. The highest BCUT2D eigenvalue weighted by Gasteiger charge is 2.19. The van der Waals surface area contributed by atoms with Gasteiger partial charge >= 0.3 is 0 Å². The van der Waals surface area contributed by atoms with Gasteiger partial charge in [-0.3, -0.25) is 4.79 Å². The largest absolute Gasteiger partial charge is 0.324 e. The van der Waals surface area contributed by atoms with Crippen molar-refractivity contribution in [3.05, 3.63) is 64.7 Å². The Hall–Kier alpha value is -2.31. The Labute approximate surface area is 129 Å². The molecule has 1 amide bonds. The van der Waals surface area contributed by atoms with E-state index >= 15 is 0 Å². The highest BCUT2D eigenvalue weighted by Crippen LogP contribution is 2.23. The predicted molar refractivity (Wildman–Crippen MR) is 84.1 cm³/mol. The Bertz CT molecular complexity index is 677. The maximum atomic E-state index is 12.2. The lowest BCUT2D eigenvalue weighted by atomic mass is 10.00. The van der Waals surface area contributed by atoms with Crippen LogP contribution in [0, 0.1) is 24.2 Å². The normalized spacial score (nSPS) is 11.5. The Morgan fingerprint density at radius 3 is 2.62 bits per heavy atom. The SMILES string of the molecule is Cc1ccc(NC(=O)C(C#N)Cc2ccccc2)c(Cl)c1. The maximum Gasteiger partial charge on any atom is 0.242 e. The molecule has 0 aromatic heterocycles. The van der Waals surface area contributed by atoms with E-state index in [1.54, 1.807) is 12.1 Å². The number of hydrogen-bond acceptors (Lipinski definition) is 2. The van der Waals surface area contributed by atoms with Crippen molar-refractivity contribution in [3.8, 4) is 6.07 Å². The Morgan fingerprint density at radius 2 is 2.00 bits per heavy atom. The second-order valence-corrected chi connectivity index (χ2v) is 5.25. The summed E-state index contributed by atoms with van der Waals surface area (Å²) in [6.45, 7) is 1.92. The molecule has 0 saturated carbocycles. The maximum absolute atomic E-state index is 12.2. The van der Waals surface area contributed by atoms with Crippen molar-refractivity contribution < 1.29 is 4.79 Å². The standard InChI is InChI=1S/C17H15ClN2O/c1-12-7-8-16(15(18)9-12)20-17(21)14(11-19)10-13-5-3-2-4-6-13/h2-9,14H,10H2,1H3,(H,20,21). The summed E-state index contributed by atoms with van der Waals surface area (Å²) in [6, 6.07) is 16.9. The van der Waals surface area contributed by atoms with Gasteiger partial charge in [0, 0.05) is 0 Å². The third-order valence-electron chi connectivity index (χ3n) is 3.14. The van der Waals surface area contributed by atoms with Gasteiger partial charge in [0.15, 0.2) is 0 Å². The van der Waals surface area contributed by atoms with E-state index in [2.05, 4.69) is 5.32 Å². The van der Waals surface area contributed by atoms with E-state index in [0.717, 1.165) is 11.1 Å². The van der Waals surface area contributed by atoms with E-state index in [9.17, 15) is 10.1 Å². The van der Waals surface area contributed by atoms with Gasteiger partial charge in [-0.25, -0.2) is 0 Å². The van der Waals surface area contributed by atoms with Crippen molar-refractivity contribution in [1.29, 1.82) is 5.26 Å². The molecule has 0 saturated heterocycles. The summed E-state index contributed by atoms with van der Waals surface area (Å²) in [5.74, 6) is -1.09. The smallest absolute Gasteiger partial charge is 0.242 e. The first-order valence-corrected chi connectivity index (χ1v) is 6.98. The number of halogens is 1. The summed E-state index contributed by atoms with van der Waals surface area (Å²) in [6.07, 6.45) is 0.382. The fourth-order valence-corrected chi connectivity index (χ4v) is 2.27. The number of aryl methyl sites for hydroxylation is 1. The zero-order valence-electron chi connectivity index (χ0n) is 11.6. The minimum absolute atomic E-state index is 0.341. The van der Waals surface area contributed by atoms with E-state index in [-0.39, 0.29) is 5.91 Å². The molecule has 106 valence electrons. The summed E-state index contributed by atoms with van der Waals surface area (Å²) in [5, 5.41) is 12.4. The molecule has 0 fully saturated rings. The first kappa shape index (κ1) is 15.1. The summed E-state index contributed by atoms with van der Waals surface area (Å²) < 4.78 is 0. The molecule has 1 N–H and O–H groups in total. The van der Waals surface area contributed by atoms with Crippen LogP contribution in [-0.2, 0) is 11.2 Å². The molecule has 0 heterocycles. The van der Waals surface area contributed by atoms with Crippen LogP contribution in [0.3, 0.4) is 0 Å². The van der Waals surface area contributed by atoms with Gasteiger partial charge in [0.1, 0.15) is 5.92 Å². The molecule has 4 heteroatoms. The van der Waals surface area contributed by atoms with Crippen LogP contribution in [-0.4, -0.2) is 5.91 Å². The Kier molecular flexibility index (Phi) is 4.97. The van der Waals surface area contributed by atoms with Crippen LogP contribution in [0.25, 0.3) is 0 Å². The summed E-state index contributed by atoms with van der Waals surface area (Å²) in [7, 11) is 0. The highest BCUT2D eigenvalue weighted by molar-refractivity contribution is 6.33. The molecule has 0 spiro atoms. The van der Waals surface area contributed by atoms with Crippen LogP contribution in [0.5, 0.6) is 0 Å². The van der Waals surface area contributed by atoms with Crippen LogP contribution in [0.1, 0.15) is 11.1 Å². The second kappa shape index (κ2) is 6.92. The van der Waals surface area contributed by atoms with Gasteiger partial charge < -0.3 is 5.32 Å². The second-order valence-electron chi connectivity index (χ2n) is 4.84. The van der Waals surface area contributed by atoms with Crippen molar-refractivity contribution >= 4 is 23.2 Å². The molecule has 3 nitrogen and oxygen atoms in total. The molecular formula is C17H15ClN2O. The van der Waals surface area contributed by atoms with Crippen molar-refractivity contribution in [1.82, 2.24) is 0 Å². The van der Waals surface area contributed by atoms with Gasteiger partial charge in [-0.05, 0) is 36.6 Å². The van der Waals surface area contributed by atoms with E-state index in [4.69, 9.17) is 11.6 Å². The van der Waals surface area contributed by atoms with Gasteiger partial charge in [-0.15, -0.1) is 0 Å². The van der Waals surface area contributed by atoms with Crippen molar-refractivity contribution in [2.75, 3.05) is 5.32 Å². The minimum Gasteiger partial charge on any atom is -0.324 e. The van der Waals surface area contributed by atoms with Gasteiger partial charge in [-0.1, -0.05) is 48.0 Å². The third kappa shape index (κ3) is 4.08. The average molecular weight is 299 g/mol. The molecule has 21 heavy (non-hydrogen) atoms. The summed E-state index contributed by atoms with van der Waals surface area (Å²) in [5.41, 5.74) is 2.49. The number of carbonyl (C=O) groups excluding carboxylic acids is 1. The highest BCUT2D eigenvalue weighted by atomic mass is 35.5. The number of amides is 1. The van der Waals surface area contributed by atoms with Crippen LogP contribution in [0.4, 0.5) is 5.69 Å². The monoisotopic (exact) mass is 298 g/mol. The molecule has 1 atom stereocenters. The first-order valence-electron chi connectivity index (χ1n) is 6.60. The van der Waals surface area contributed by atoms with Gasteiger partial charge in [0.25, 0.3) is 0 Å². The van der Waals surface area contributed by atoms with Gasteiger partial charge in [0.05, 0.1) is 16.8 Å². The molecule has 0 aliphatic heterocycles. The number of nitrogens with one attached hydrogen (secondary N) is 1. The van der Waals surface area contributed by atoms with E-state index in [0.29, 0.717) is 17.1 Å². The van der Waals surface area contributed by atoms with Crippen LogP contribution < -0.4 is 5.32 Å². The molecular weight excluding hydrogens is 284 g/mol. The first-order chi connectivity index (χ1) is 10.1. The molecule has 0 aliphatic rings. The molecule has 0 bridgehead atoms. The van der Waals surface area contributed by atoms with Crippen LogP contribution >= 0.6 is 11.6 Å². The number of benzene rings is 2. The van der Waals surface area contributed by atoms with Crippen molar-refractivity contribution in [2.24, 2.45) is 5.92 Å². The van der Waals surface area contributed by atoms with E-state index < -0.39 is 5.92 Å². The minimum atomic E-state index is -0.746. The molecule has 0 radical (unpaired) electrons. The lowest BCUT2D eigenvalue weighted by Crippen LogP contribution is -2.23. The number of anilines is 1. The number of nitriles is 1. The lowest BCUT2D eigenvalue weighted by molar-refractivity contribution is -0.118. The fraction of sp³-hybridized carbons (Fsp3) is 0.176. The van der Waals surface area contributed by atoms with Crippen LogP contribution in [0.2, 0.25) is 5.02 Å². The Morgan fingerprint density at radius 1 is 1.29 bits per heavy atom. The van der Waals surface area contributed by atoms with E-state index in [1.807, 2.05) is 49.4 Å². The zero-order valence-corrected chi connectivity index (χ0v) is 12.4. The van der Waals surface area contributed by atoms with Crippen LogP contribution in [0.15, 0.2) is 48.5 Å². The summed E-state index contributed by atoms with van der Waals surface area (Å²) >= 11 is 6.08. The van der Waals surface area contributed by atoms with E-state index in [1.165, 1.54) is 0 Å². The molecule has 2 aromatic carbocycles. The molecule has 0 aliphatic carbocycles. The number of rotatable bonds is 4. The lowest BCUT2D eigenvalue weighted by Gasteiger charge is -2.12. The Balaban J connectivity index is 2.09. The predicted octanol–water partition coefficient (Wildman–Crippen LogP) is 3.97. The molecule has 2 aromatic rings. The van der Waals surface area contributed by atoms with Gasteiger partial charge in [0.2, 0.25) is 5.91 Å². The van der Waals surface area contributed by atoms with Crippen molar-refractivity contribution in [2.45, 2.75) is 13.3 Å². The third-order valence-corrected chi connectivity index (χ3v) is 3.45. The number of nitrogens with zero attached hydrogens (tertiary/aromatic N) is 1. The van der Waals surface area contributed by atoms with Crippen molar-refractivity contribution in [3.63, 3.8) is 0 Å². The zero-order chi connectivity index (χ0) is 15.2. The summed E-state index contributed by atoms with van der Waals surface area (Å²) in [4.78, 5) is 12.2. The fourth-order valence-electron chi connectivity index (χ4n) is 1.99. The average Bonchev–Trinajstić information content (AvgIpc) is 2.48. The molecule has 2 rings (SSSR count). The number of carbonyl (C=O) groups is 1.